The Morgan fingerprint density at radius 3 is 2.67 bits per heavy atom. The molecule has 2 aromatic carbocycles. The average molecular weight is 256 g/mol. The highest BCUT2D eigenvalue weighted by Gasteiger charge is 2.10. The van der Waals surface area contributed by atoms with E-state index in [9.17, 15) is 5.11 Å². The van der Waals surface area contributed by atoms with Crippen molar-refractivity contribution in [3.8, 4) is 5.75 Å². The predicted molar refractivity (Wildman–Crippen MR) is 75.8 cm³/mol. The molecule has 0 fully saturated rings. The maximum atomic E-state index is 9.46. The molecule has 4 heteroatoms. The van der Waals surface area contributed by atoms with E-state index >= 15 is 0 Å². The highest BCUT2D eigenvalue weighted by atomic mass is 32.1. The molecule has 0 aliphatic rings. The summed E-state index contributed by atoms with van der Waals surface area (Å²) < 4.78 is 0.993. The lowest BCUT2D eigenvalue weighted by atomic mass is 10.3. The minimum atomic E-state index is 0.278. The molecule has 0 amide bonds. The van der Waals surface area contributed by atoms with Gasteiger partial charge in [0.05, 0.1) is 10.2 Å². The van der Waals surface area contributed by atoms with Gasteiger partial charge in [0, 0.05) is 12.7 Å². The minimum absolute atomic E-state index is 0.278. The first-order valence-corrected chi connectivity index (χ1v) is 6.44. The third kappa shape index (κ3) is 1.91. The normalized spacial score (nSPS) is 10.7. The van der Waals surface area contributed by atoms with Gasteiger partial charge in [-0.2, -0.15) is 0 Å². The van der Waals surface area contributed by atoms with Gasteiger partial charge in [-0.1, -0.05) is 29.5 Å². The zero-order valence-electron chi connectivity index (χ0n) is 9.87. The van der Waals surface area contributed by atoms with Crippen LogP contribution < -0.4 is 4.90 Å². The maximum Gasteiger partial charge on any atom is 0.190 e. The summed E-state index contributed by atoms with van der Waals surface area (Å²) in [5, 5.41) is 10.4. The number of phenolic OH excluding ortho intramolecular Hbond substituents is 1. The second kappa shape index (κ2) is 4.31. The van der Waals surface area contributed by atoms with E-state index in [1.807, 2.05) is 48.3 Å². The number of thiazole rings is 1. The van der Waals surface area contributed by atoms with Gasteiger partial charge in [-0.05, 0) is 30.3 Å². The molecule has 0 radical (unpaired) electrons. The van der Waals surface area contributed by atoms with Crippen LogP contribution in [0.1, 0.15) is 0 Å². The van der Waals surface area contributed by atoms with Crippen molar-refractivity contribution in [1.29, 1.82) is 0 Å². The molecule has 90 valence electrons. The standard InChI is InChI=1S/C14H12N2OS/c1-16(10-5-3-2-4-6-10)14-15-12-8-7-11(17)9-13(12)18-14/h2-9,17H,1H3. The van der Waals surface area contributed by atoms with Gasteiger partial charge >= 0.3 is 0 Å². The third-order valence-corrected chi connectivity index (χ3v) is 3.89. The Bertz CT molecular complexity index is 679. The van der Waals surface area contributed by atoms with Crippen LogP contribution in [0, 0.1) is 0 Å². The van der Waals surface area contributed by atoms with Gasteiger partial charge in [-0.25, -0.2) is 4.98 Å². The van der Waals surface area contributed by atoms with Gasteiger partial charge in [0.1, 0.15) is 5.75 Å². The van der Waals surface area contributed by atoms with E-state index in [-0.39, 0.29) is 5.75 Å². The predicted octanol–water partition coefficient (Wildman–Crippen LogP) is 3.77. The van der Waals surface area contributed by atoms with Crippen molar-refractivity contribution < 1.29 is 5.11 Å². The summed E-state index contributed by atoms with van der Waals surface area (Å²) in [5.41, 5.74) is 2.01. The van der Waals surface area contributed by atoms with E-state index in [2.05, 4.69) is 4.98 Å². The molecule has 1 aromatic heterocycles. The molecule has 18 heavy (non-hydrogen) atoms. The summed E-state index contributed by atoms with van der Waals surface area (Å²) in [7, 11) is 1.99. The molecule has 0 unspecified atom stereocenters. The van der Waals surface area contributed by atoms with Crippen LogP contribution in [0.3, 0.4) is 0 Å². The highest BCUT2D eigenvalue weighted by molar-refractivity contribution is 7.22. The smallest absolute Gasteiger partial charge is 0.190 e. The number of rotatable bonds is 2. The molecular formula is C14H12N2OS. The molecule has 3 aromatic rings. The Morgan fingerprint density at radius 1 is 1.11 bits per heavy atom. The summed E-state index contributed by atoms with van der Waals surface area (Å²) in [6.45, 7) is 0. The van der Waals surface area contributed by atoms with Crippen molar-refractivity contribution >= 4 is 32.4 Å². The van der Waals surface area contributed by atoms with Crippen molar-refractivity contribution in [3.63, 3.8) is 0 Å². The Hall–Kier alpha value is -2.07. The van der Waals surface area contributed by atoms with Crippen molar-refractivity contribution in [1.82, 2.24) is 4.98 Å². The number of nitrogens with zero attached hydrogens (tertiary/aromatic N) is 2. The molecule has 1 heterocycles. The highest BCUT2D eigenvalue weighted by Crippen LogP contribution is 2.33. The number of para-hydroxylation sites is 1. The molecule has 0 spiro atoms. The molecule has 0 saturated heterocycles. The number of anilines is 2. The van der Waals surface area contributed by atoms with Crippen LogP contribution in [-0.2, 0) is 0 Å². The summed E-state index contributed by atoms with van der Waals surface area (Å²) in [5.74, 6) is 0.278. The van der Waals surface area contributed by atoms with E-state index in [0.717, 1.165) is 21.0 Å². The van der Waals surface area contributed by atoms with Crippen molar-refractivity contribution in [2.24, 2.45) is 0 Å². The van der Waals surface area contributed by atoms with Gasteiger partial charge < -0.3 is 10.0 Å². The van der Waals surface area contributed by atoms with Crippen LogP contribution in [0.2, 0.25) is 0 Å². The van der Waals surface area contributed by atoms with Gasteiger partial charge in [-0.15, -0.1) is 0 Å². The Kier molecular flexibility index (Phi) is 2.64. The Labute approximate surface area is 109 Å². The molecule has 1 N–H and O–H groups in total. The maximum absolute atomic E-state index is 9.46. The first kappa shape index (κ1) is 11.0. The zero-order chi connectivity index (χ0) is 12.5. The van der Waals surface area contributed by atoms with E-state index in [0.29, 0.717) is 0 Å². The summed E-state index contributed by atoms with van der Waals surface area (Å²) in [6, 6.07) is 15.3. The van der Waals surface area contributed by atoms with Crippen molar-refractivity contribution in [2.45, 2.75) is 0 Å². The average Bonchev–Trinajstić information content (AvgIpc) is 2.81. The van der Waals surface area contributed by atoms with Crippen LogP contribution in [-0.4, -0.2) is 17.1 Å². The number of aromatic hydroxyl groups is 1. The topological polar surface area (TPSA) is 36.4 Å². The molecule has 0 saturated carbocycles. The van der Waals surface area contributed by atoms with E-state index in [1.54, 1.807) is 23.5 Å². The van der Waals surface area contributed by atoms with Gasteiger partial charge in [-0.3, -0.25) is 0 Å². The Balaban J connectivity index is 2.04. The molecule has 3 nitrogen and oxygen atoms in total. The number of phenols is 1. The zero-order valence-corrected chi connectivity index (χ0v) is 10.7. The second-order valence-corrected chi connectivity index (χ2v) is 5.05. The monoisotopic (exact) mass is 256 g/mol. The van der Waals surface area contributed by atoms with E-state index < -0.39 is 0 Å². The lowest BCUT2D eigenvalue weighted by Gasteiger charge is -2.14. The summed E-state index contributed by atoms with van der Waals surface area (Å²) in [4.78, 5) is 6.61. The first-order chi connectivity index (χ1) is 8.74. The largest absolute Gasteiger partial charge is 0.508 e. The quantitative estimate of drug-likeness (QED) is 0.758. The summed E-state index contributed by atoms with van der Waals surface area (Å²) in [6.07, 6.45) is 0. The van der Waals surface area contributed by atoms with Crippen LogP contribution in [0.4, 0.5) is 10.8 Å². The lowest BCUT2D eigenvalue weighted by molar-refractivity contribution is 0.476. The fourth-order valence-electron chi connectivity index (χ4n) is 1.81. The van der Waals surface area contributed by atoms with Gasteiger partial charge in [0.25, 0.3) is 0 Å². The summed E-state index contributed by atoms with van der Waals surface area (Å²) >= 11 is 1.57. The molecule has 3 rings (SSSR count). The number of benzene rings is 2. The second-order valence-electron chi connectivity index (χ2n) is 4.04. The third-order valence-electron chi connectivity index (χ3n) is 2.79. The van der Waals surface area contributed by atoms with Crippen LogP contribution in [0.15, 0.2) is 48.5 Å². The van der Waals surface area contributed by atoms with Crippen molar-refractivity contribution in [2.75, 3.05) is 11.9 Å². The molecule has 0 aliphatic carbocycles. The molecule has 0 aliphatic heterocycles. The van der Waals surface area contributed by atoms with Gasteiger partial charge in [0.15, 0.2) is 5.13 Å². The van der Waals surface area contributed by atoms with Crippen LogP contribution >= 0.6 is 11.3 Å². The first-order valence-electron chi connectivity index (χ1n) is 5.62. The van der Waals surface area contributed by atoms with Crippen molar-refractivity contribution in [3.05, 3.63) is 48.5 Å². The van der Waals surface area contributed by atoms with Gasteiger partial charge in [0.2, 0.25) is 0 Å². The SMILES string of the molecule is CN(c1ccccc1)c1nc2ccc(O)cc2s1. The lowest BCUT2D eigenvalue weighted by Crippen LogP contribution is -2.08. The van der Waals surface area contributed by atoms with Crippen LogP contribution in [0.25, 0.3) is 10.2 Å². The van der Waals surface area contributed by atoms with E-state index in [4.69, 9.17) is 0 Å². The Morgan fingerprint density at radius 2 is 1.89 bits per heavy atom. The fraction of sp³-hybridized carbons (Fsp3) is 0.0714. The minimum Gasteiger partial charge on any atom is -0.508 e. The number of aromatic nitrogens is 1. The number of hydrogen-bond acceptors (Lipinski definition) is 4. The molecule has 0 bridgehead atoms. The fourth-order valence-corrected chi connectivity index (χ4v) is 2.79. The molecule has 0 atom stereocenters. The molecular weight excluding hydrogens is 244 g/mol. The number of fused-ring (bicyclic) bond motifs is 1. The number of hydrogen-bond donors (Lipinski definition) is 1. The van der Waals surface area contributed by atoms with Crippen LogP contribution in [0.5, 0.6) is 5.75 Å². The van der Waals surface area contributed by atoms with E-state index in [1.165, 1.54) is 0 Å².